The Morgan fingerprint density at radius 1 is 0.980 bits per heavy atom. The summed E-state index contributed by atoms with van der Waals surface area (Å²) < 4.78 is 29.2. The Balaban J connectivity index is 1.49. The normalized spacial score (nSPS) is 16.7. The average Bonchev–Trinajstić information content (AvgIpc) is 3.11. The number of allylic oxidation sites excluding steroid dienone is 1. The van der Waals surface area contributed by atoms with Crippen molar-refractivity contribution in [3.63, 3.8) is 0 Å². The number of sulfonamides is 1. The number of nitrogens with two attached hydrogens (primary N) is 1. The number of nitrogens with zero attached hydrogens (tertiary/aromatic N) is 2. The van der Waals surface area contributed by atoms with E-state index in [-0.39, 0.29) is 41.7 Å². The molecule has 2 aliphatic heterocycles. The van der Waals surface area contributed by atoms with Gasteiger partial charge in [0.1, 0.15) is 17.6 Å². The van der Waals surface area contributed by atoms with Crippen molar-refractivity contribution >= 4 is 33.7 Å². The zero-order valence-electron chi connectivity index (χ0n) is 29.1. The Labute approximate surface area is 296 Å². The maximum atomic E-state index is 13.9. The molecule has 50 heavy (non-hydrogen) atoms. The van der Waals surface area contributed by atoms with Crippen molar-refractivity contribution < 1.29 is 22.8 Å². The highest BCUT2D eigenvalue weighted by molar-refractivity contribution is 7.88. The number of likely N-dealkylation sites (tertiary alicyclic amines) is 1. The molecule has 0 aliphatic carbocycles. The standard InChI is InChI=1S/C36H52N8O5S/c1-43(2)36(47)44-22-18-27(19-23-44)11-15-32(42-50(48,49)25-29-6-4-3-5-7-29)35(46)41-31(14-10-26-16-20-39-21-17-26)34(45)40-24-28-8-12-30(13-9-28)33(37)38/h3-9,12-13,15,26-27,31,39,42H,10-11,14,16-25H2,1-2H3,(H3,37,38)(H,40,45)(H,41,46)/b32-15+/t31-/m0/s1. The number of piperidine rings is 2. The van der Waals surface area contributed by atoms with Crippen molar-refractivity contribution in [2.75, 3.05) is 40.3 Å². The number of amides is 4. The summed E-state index contributed by atoms with van der Waals surface area (Å²) in [6.07, 6.45) is 6.58. The van der Waals surface area contributed by atoms with Gasteiger partial charge in [-0.15, -0.1) is 0 Å². The molecule has 2 aliphatic rings. The van der Waals surface area contributed by atoms with Gasteiger partial charge in [-0.05, 0) is 81.0 Å². The summed E-state index contributed by atoms with van der Waals surface area (Å²) in [5, 5.41) is 16.7. The number of nitrogen functional groups attached to an aromatic ring is 1. The molecule has 2 fully saturated rings. The first kappa shape index (κ1) is 38.4. The average molecular weight is 709 g/mol. The van der Waals surface area contributed by atoms with E-state index in [0.717, 1.165) is 50.8 Å². The zero-order chi connectivity index (χ0) is 36.1. The minimum atomic E-state index is -3.97. The van der Waals surface area contributed by atoms with Gasteiger partial charge in [-0.1, -0.05) is 60.7 Å². The Kier molecular flexibility index (Phi) is 14.2. The lowest BCUT2D eigenvalue weighted by atomic mass is 9.91. The molecule has 0 spiro atoms. The van der Waals surface area contributed by atoms with E-state index in [1.54, 1.807) is 84.6 Å². The fourth-order valence-corrected chi connectivity index (χ4v) is 7.51. The van der Waals surface area contributed by atoms with E-state index in [2.05, 4.69) is 20.7 Å². The van der Waals surface area contributed by atoms with Crippen LogP contribution in [0.15, 0.2) is 66.4 Å². The summed E-state index contributed by atoms with van der Waals surface area (Å²) in [6, 6.07) is 14.8. The van der Waals surface area contributed by atoms with Gasteiger partial charge < -0.3 is 31.5 Å². The topological polar surface area (TPSA) is 190 Å². The molecular weight excluding hydrogens is 657 g/mol. The Bertz CT molecular complexity index is 1580. The highest BCUT2D eigenvalue weighted by Crippen LogP contribution is 2.23. The number of hydrogen-bond acceptors (Lipinski definition) is 7. The van der Waals surface area contributed by atoms with Crippen LogP contribution in [0.5, 0.6) is 0 Å². The van der Waals surface area contributed by atoms with E-state index in [4.69, 9.17) is 11.1 Å². The lowest BCUT2D eigenvalue weighted by Crippen LogP contribution is -2.49. The molecule has 4 amide bonds. The summed E-state index contributed by atoms with van der Waals surface area (Å²) in [6.45, 7) is 3.17. The summed E-state index contributed by atoms with van der Waals surface area (Å²) in [4.78, 5) is 43.3. The third-order valence-electron chi connectivity index (χ3n) is 9.31. The molecule has 0 aromatic heterocycles. The second kappa shape index (κ2) is 18.5. The number of amidine groups is 1. The molecule has 0 radical (unpaired) electrons. The molecule has 2 saturated heterocycles. The lowest BCUT2D eigenvalue weighted by molar-refractivity contribution is -0.127. The SMILES string of the molecule is CN(C)C(=O)N1CCC(C/C=C(/NS(=O)(=O)Cc2ccccc2)C(=O)N[C@@H](CCC2CCNCC2)C(=O)NCc2ccc(C(=N)N)cc2)CC1. The van der Waals surface area contributed by atoms with E-state index in [9.17, 15) is 22.8 Å². The van der Waals surface area contributed by atoms with Crippen LogP contribution in [-0.4, -0.2) is 88.2 Å². The van der Waals surface area contributed by atoms with Crippen LogP contribution in [0.3, 0.4) is 0 Å². The molecular formula is C36H52N8O5S. The Hall–Kier alpha value is -4.43. The van der Waals surface area contributed by atoms with Crippen molar-refractivity contribution in [3.8, 4) is 0 Å². The van der Waals surface area contributed by atoms with Crippen molar-refractivity contribution in [1.29, 1.82) is 5.41 Å². The predicted octanol–water partition coefficient (Wildman–Crippen LogP) is 2.64. The van der Waals surface area contributed by atoms with E-state index in [1.807, 2.05) is 0 Å². The maximum Gasteiger partial charge on any atom is 0.319 e. The van der Waals surface area contributed by atoms with Gasteiger partial charge in [-0.25, -0.2) is 13.2 Å². The van der Waals surface area contributed by atoms with Crippen LogP contribution in [0.4, 0.5) is 4.79 Å². The van der Waals surface area contributed by atoms with Crippen molar-refractivity contribution in [2.24, 2.45) is 17.6 Å². The Morgan fingerprint density at radius 2 is 1.64 bits per heavy atom. The van der Waals surface area contributed by atoms with Crippen LogP contribution in [0.1, 0.15) is 61.6 Å². The second-order valence-electron chi connectivity index (χ2n) is 13.4. The number of rotatable bonds is 15. The molecule has 4 rings (SSSR count). The third-order valence-corrected chi connectivity index (χ3v) is 10.6. The molecule has 7 N–H and O–H groups in total. The zero-order valence-corrected chi connectivity index (χ0v) is 29.9. The van der Waals surface area contributed by atoms with Gasteiger partial charge in [-0.2, -0.15) is 0 Å². The summed E-state index contributed by atoms with van der Waals surface area (Å²) in [7, 11) is -0.535. The summed E-state index contributed by atoms with van der Waals surface area (Å²) >= 11 is 0. The molecule has 0 unspecified atom stereocenters. The molecule has 1 atom stereocenters. The molecule has 14 heteroatoms. The summed E-state index contributed by atoms with van der Waals surface area (Å²) in [5.41, 5.74) is 7.41. The van der Waals surface area contributed by atoms with Crippen molar-refractivity contribution in [2.45, 2.75) is 63.3 Å². The van der Waals surface area contributed by atoms with Gasteiger partial charge in [0.2, 0.25) is 15.9 Å². The number of carbonyl (C=O) groups excluding carboxylic acids is 3. The highest BCUT2D eigenvalue weighted by atomic mass is 32.2. The number of hydrogen-bond donors (Lipinski definition) is 6. The smallest absolute Gasteiger partial charge is 0.319 e. The van der Waals surface area contributed by atoms with E-state index in [0.29, 0.717) is 43.0 Å². The minimum Gasteiger partial charge on any atom is -0.384 e. The van der Waals surface area contributed by atoms with Crippen LogP contribution in [0.25, 0.3) is 0 Å². The van der Waals surface area contributed by atoms with Crippen LogP contribution in [0, 0.1) is 17.2 Å². The van der Waals surface area contributed by atoms with Gasteiger partial charge in [-0.3, -0.25) is 19.7 Å². The van der Waals surface area contributed by atoms with Gasteiger partial charge in [0, 0.05) is 39.3 Å². The second-order valence-corrected chi connectivity index (χ2v) is 15.2. The van der Waals surface area contributed by atoms with Gasteiger partial charge in [0.15, 0.2) is 0 Å². The van der Waals surface area contributed by atoms with E-state index < -0.39 is 22.0 Å². The first-order valence-electron chi connectivity index (χ1n) is 17.3. The first-order chi connectivity index (χ1) is 23.9. The molecule has 2 aromatic carbocycles. The highest BCUT2D eigenvalue weighted by Gasteiger charge is 2.28. The first-order valence-corrected chi connectivity index (χ1v) is 19.0. The molecule has 0 bridgehead atoms. The molecule has 2 aromatic rings. The Morgan fingerprint density at radius 3 is 2.26 bits per heavy atom. The number of carbonyl (C=O) groups is 3. The molecule has 272 valence electrons. The fraction of sp³-hybridized carbons (Fsp3) is 0.500. The lowest BCUT2D eigenvalue weighted by Gasteiger charge is -2.33. The van der Waals surface area contributed by atoms with Crippen LogP contribution in [0.2, 0.25) is 0 Å². The quantitative estimate of drug-likeness (QED) is 0.0932. The predicted molar refractivity (Wildman–Crippen MR) is 194 cm³/mol. The maximum absolute atomic E-state index is 13.9. The largest absolute Gasteiger partial charge is 0.384 e. The monoisotopic (exact) mass is 708 g/mol. The van der Waals surface area contributed by atoms with Crippen LogP contribution < -0.4 is 26.4 Å². The molecule has 2 heterocycles. The summed E-state index contributed by atoms with van der Waals surface area (Å²) in [5.74, 6) is -0.839. The van der Waals surface area contributed by atoms with Gasteiger partial charge in [0.05, 0.1) is 5.75 Å². The van der Waals surface area contributed by atoms with E-state index in [1.165, 1.54) is 0 Å². The minimum absolute atomic E-state index is 0.0467. The fourth-order valence-electron chi connectivity index (χ4n) is 6.30. The van der Waals surface area contributed by atoms with Crippen LogP contribution >= 0.6 is 0 Å². The molecule has 13 nitrogen and oxygen atoms in total. The number of benzene rings is 2. The van der Waals surface area contributed by atoms with Crippen molar-refractivity contribution in [3.05, 3.63) is 83.1 Å². The van der Waals surface area contributed by atoms with E-state index >= 15 is 0 Å². The number of nitrogens with one attached hydrogen (secondary N) is 5. The number of urea groups is 1. The third kappa shape index (κ3) is 12.2. The van der Waals surface area contributed by atoms with Gasteiger partial charge in [0.25, 0.3) is 5.91 Å². The van der Waals surface area contributed by atoms with Crippen LogP contribution in [-0.2, 0) is 31.9 Å². The van der Waals surface area contributed by atoms with Crippen molar-refractivity contribution in [1.82, 2.24) is 30.5 Å². The van der Waals surface area contributed by atoms with Gasteiger partial charge >= 0.3 is 6.03 Å². The molecule has 0 saturated carbocycles.